The molecule has 30 heavy (non-hydrogen) atoms. The van der Waals surface area contributed by atoms with E-state index in [1.54, 1.807) is 12.1 Å². The summed E-state index contributed by atoms with van der Waals surface area (Å²) < 4.78 is 5.35. The van der Waals surface area contributed by atoms with Crippen molar-refractivity contribution in [1.82, 2.24) is 15.1 Å². The third-order valence-corrected chi connectivity index (χ3v) is 5.82. The Labute approximate surface area is 181 Å². The Balaban J connectivity index is 1.52. The minimum Gasteiger partial charge on any atom is -0.445 e. The van der Waals surface area contributed by atoms with Crippen molar-refractivity contribution >= 4 is 30.3 Å². The summed E-state index contributed by atoms with van der Waals surface area (Å²) in [5.41, 5.74) is 0.609. The van der Waals surface area contributed by atoms with Crippen LogP contribution in [-0.2, 0) is 16.1 Å². The number of rotatable bonds is 7. The topological polar surface area (TPSA) is 105 Å². The van der Waals surface area contributed by atoms with Crippen LogP contribution in [0.2, 0.25) is 0 Å². The number of carbonyl (C=O) groups excluding carboxylic acids is 2. The second-order valence-electron chi connectivity index (χ2n) is 7.95. The van der Waals surface area contributed by atoms with E-state index < -0.39 is 17.1 Å². The number of benzene rings is 1. The van der Waals surface area contributed by atoms with Crippen molar-refractivity contribution in [3.63, 3.8) is 0 Å². The predicted molar refractivity (Wildman–Crippen MR) is 114 cm³/mol. The molecule has 1 aromatic carbocycles. The molecule has 2 heterocycles. The monoisotopic (exact) mass is 436 g/mol. The maximum absolute atomic E-state index is 12.8. The minimum absolute atomic E-state index is 0.00690. The van der Waals surface area contributed by atoms with E-state index in [9.17, 15) is 19.7 Å². The van der Waals surface area contributed by atoms with Gasteiger partial charge in [0.1, 0.15) is 12.6 Å². The van der Waals surface area contributed by atoms with Gasteiger partial charge in [-0.3, -0.25) is 19.8 Å². The molecule has 2 amide bonds. The summed E-state index contributed by atoms with van der Waals surface area (Å²) in [6.45, 7) is 5.20. The normalized spacial score (nSPS) is 22.7. The molecule has 0 aromatic heterocycles. The summed E-state index contributed by atoms with van der Waals surface area (Å²) in [7, 11) is 0. The first-order chi connectivity index (χ1) is 14.3. The second-order valence-corrected chi connectivity index (χ2v) is 8.68. The molecule has 9 nitrogen and oxygen atoms in total. The predicted octanol–water partition coefficient (Wildman–Crippen LogP) is 2.20. The van der Waals surface area contributed by atoms with E-state index in [2.05, 4.69) is 22.8 Å². The fourth-order valence-corrected chi connectivity index (χ4v) is 4.32. The number of nitro benzene ring substituents is 1. The van der Waals surface area contributed by atoms with Crippen LogP contribution in [0.15, 0.2) is 24.3 Å². The van der Waals surface area contributed by atoms with Gasteiger partial charge in [0.2, 0.25) is 5.91 Å². The van der Waals surface area contributed by atoms with E-state index >= 15 is 0 Å². The van der Waals surface area contributed by atoms with Gasteiger partial charge in [0.15, 0.2) is 0 Å². The third-order valence-electron chi connectivity index (χ3n) is 5.45. The van der Waals surface area contributed by atoms with Crippen molar-refractivity contribution in [3.05, 3.63) is 39.9 Å². The Morgan fingerprint density at radius 2 is 1.97 bits per heavy atom. The first-order valence-corrected chi connectivity index (χ1v) is 10.7. The van der Waals surface area contributed by atoms with Crippen LogP contribution in [0.25, 0.3) is 0 Å². The van der Waals surface area contributed by atoms with E-state index in [0.717, 1.165) is 19.6 Å². The van der Waals surface area contributed by atoms with E-state index in [1.807, 2.05) is 6.92 Å². The quantitative estimate of drug-likeness (QED) is 0.386. The highest BCUT2D eigenvalue weighted by atomic mass is 32.1. The minimum atomic E-state index is -0.613. The molecule has 1 N–H and O–H groups in total. The summed E-state index contributed by atoms with van der Waals surface area (Å²) in [6, 6.07) is 5.19. The van der Waals surface area contributed by atoms with E-state index in [4.69, 9.17) is 4.74 Å². The molecule has 0 spiro atoms. The van der Waals surface area contributed by atoms with Crippen molar-refractivity contribution in [2.75, 3.05) is 26.2 Å². The molecular weight excluding hydrogens is 408 g/mol. The van der Waals surface area contributed by atoms with Crippen LogP contribution in [0.4, 0.5) is 10.5 Å². The molecule has 0 saturated carbocycles. The molecule has 10 heteroatoms. The zero-order valence-corrected chi connectivity index (χ0v) is 17.9. The molecule has 2 aliphatic rings. The Morgan fingerprint density at radius 1 is 1.30 bits per heavy atom. The van der Waals surface area contributed by atoms with Crippen LogP contribution in [-0.4, -0.2) is 70.2 Å². The average Bonchev–Trinajstić information content (AvgIpc) is 3.35. The number of hydrogen-bond donors (Lipinski definition) is 2. The van der Waals surface area contributed by atoms with Crippen LogP contribution in [0.3, 0.4) is 0 Å². The number of ether oxygens (including phenoxy) is 1. The molecule has 164 valence electrons. The zero-order chi connectivity index (χ0) is 21.7. The van der Waals surface area contributed by atoms with E-state index in [1.165, 1.54) is 29.9 Å². The van der Waals surface area contributed by atoms with Crippen molar-refractivity contribution in [3.8, 4) is 0 Å². The fourth-order valence-electron chi connectivity index (χ4n) is 3.94. The van der Waals surface area contributed by atoms with Gasteiger partial charge in [-0.2, -0.15) is 12.6 Å². The Morgan fingerprint density at radius 3 is 2.60 bits per heavy atom. The SMILES string of the molecule is CC(CN1CCCC1)NC(=O)[C@@H]1C[C@H](S)CN1C(=O)OCc1ccc([N+](=O)[O-])cc1. The van der Waals surface area contributed by atoms with Gasteiger partial charge in [0, 0.05) is 36.5 Å². The Kier molecular flexibility index (Phi) is 7.54. The lowest BCUT2D eigenvalue weighted by Crippen LogP contribution is -2.50. The van der Waals surface area contributed by atoms with Crippen molar-refractivity contribution < 1.29 is 19.2 Å². The van der Waals surface area contributed by atoms with Gasteiger partial charge in [-0.25, -0.2) is 4.79 Å². The molecule has 1 aromatic rings. The van der Waals surface area contributed by atoms with Gasteiger partial charge in [0.25, 0.3) is 5.69 Å². The summed E-state index contributed by atoms with van der Waals surface area (Å²) >= 11 is 4.45. The number of nitrogens with one attached hydrogen (secondary N) is 1. The van der Waals surface area contributed by atoms with Crippen LogP contribution in [0.1, 0.15) is 31.7 Å². The summed E-state index contributed by atoms with van der Waals surface area (Å²) in [6.07, 6.45) is 2.27. The van der Waals surface area contributed by atoms with Crippen molar-refractivity contribution in [1.29, 1.82) is 0 Å². The first-order valence-electron chi connectivity index (χ1n) is 10.2. The third kappa shape index (κ3) is 5.85. The fraction of sp³-hybridized carbons (Fsp3) is 0.600. The lowest BCUT2D eigenvalue weighted by atomic mass is 10.2. The second kappa shape index (κ2) is 10.1. The lowest BCUT2D eigenvalue weighted by Gasteiger charge is -2.26. The van der Waals surface area contributed by atoms with Gasteiger partial charge < -0.3 is 15.0 Å². The number of non-ortho nitro benzene ring substituents is 1. The van der Waals surface area contributed by atoms with E-state index in [0.29, 0.717) is 18.5 Å². The number of nitro groups is 1. The number of likely N-dealkylation sites (tertiary alicyclic amines) is 2. The number of amides is 2. The summed E-state index contributed by atoms with van der Waals surface area (Å²) in [4.78, 5) is 39.4. The van der Waals surface area contributed by atoms with Crippen LogP contribution in [0, 0.1) is 10.1 Å². The summed E-state index contributed by atoms with van der Waals surface area (Å²) in [5, 5.41) is 13.6. The Hall–Kier alpha value is -2.33. The highest BCUT2D eigenvalue weighted by Crippen LogP contribution is 2.24. The largest absolute Gasteiger partial charge is 0.445 e. The molecule has 2 aliphatic heterocycles. The van der Waals surface area contributed by atoms with Crippen LogP contribution >= 0.6 is 12.6 Å². The van der Waals surface area contributed by atoms with Crippen LogP contribution < -0.4 is 5.32 Å². The highest BCUT2D eigenvalue weighted by molar-refractivity contribution is 7.81. The van der Waals surface area contributed by atoms with Gasteiger partial charge in [-0.15, -0.1) is 0 Å². The number of thiol groups is 1. The number of hydrogen-bond acceptors (Lipinski definition) is 7. The molecule has 3 rings (SSSR count). The van der Waals surface area contributed by atoms with Gasteiger partial charge in [-0.1, -0.05) is 0 Å². The molecular formula is C20H28N4O5S. The molecule has 0 bridgehead atoms. The standard InChI is InChI=1S/C20H28N4O5S/c1-14(11-22-8-2-3-9-22)21-19(25)18-10-17(30)12-23(18)20(26)29-13-15-4-6-16(7-5-15)24(27)28/h4-7,14,17-18,30H,2-3,8-13H2,1H3,(H,21,25)/t14?,17-,18-/m0/s1. The molecule has 0 aliphatic carbocycles. The molecule has 1 unspecified atom stereocenters. The molecule has 0 radical (unpaired) electrons. The lowest BCUT2D eigenvalue weighted by molar-refractivity contribution is -0.384. The highest BCUT2D eigenvalue weighted by Gasteiger charge is 2.39. The van der Waals surface area contributed by atoms with Gasteiger partial charge in [0.05, 0.1) is 4.92 Å². The number of carbonyl (C=O) groups is 2. The average molecular weight is 437 g/mol. The van der Waals surface area contributed by atoms with Crippen molar-refractivity contribution in [2.45, 2.75) is 50.1 Å². The summed E-state index contributed by atoms with van der Waals surface area (Å²) in [5.74, 6) is -0.189. The molecule has 3 atom stereocenters. The smallest absolute Gasteiger partial charge is 0.410 e. The number of nitrogens with zero attached hydrogens (tertiary/aromatic N) is 3. The van der Waals surface area contributed by atoms with E-state index in [-0.39, 0.29) is 29.5 Å². The van der Waals surface area contributed by atoms with Gasteiger partial charge >= 0.3 is 6.09 Å². The maximum atomic E-state index is 12.8. The Bertz CT molecular complexity index is 769. The van der Waals surface area contributed by atoms with Crippen LogP contribution in [0.5, 0.6) is 0 Å². The zero-order valence-electron chi connectivity index (χ0n) is 17.0. The molecule has 2 saturated heterocycles. The maximum Gasteiger partial charge on any atom is 0.410 e. The van der Waals surface area contributed by atoms with Crippen molar-refractivity contribution in [2.24, 2.45) is 0 Å². The first kappa shape index (κ1) is 22.4. The van der Waals surface area contributed by atoms with Gasteiger partial charge in [-0.05, 0) is 57.0 Å². The molecule has 2 fully saturated rings.